The van der Waals surface area contributed by atoms with Gasteiger partial charge in [-0.05, 0) is 24.6 Å². The molecule has 4 rings (SSSR count). The zero-order chi connectivity index (χ0) is 18.6. The Bertz CT molecular complexity index is 917. The largest absolute Gasteiger partial charge is 0.370 e. The van der Waals surface area contributed by atoms with Crippen LogP contribution in [-0.4, -0.2) is 38.9 Å². The van der Waals surface area contributed by atoms with Crippen LogP contribution < -0.4 is 0 Å². The van der Waals surface area contributed by atoms with Gasteiger partial charge < -0.3 is 9.64 Å². The van der Waals surface area contributed by atoms with E-state index in [4.69, 9.17) is 4.74 Å². The molecule has 1 aliphatic heterocycles. The number of benzene rings is 2. The van der Waals surface area contributed by atoms with Crippen LogP contribution in [0.15, 0.2) is 60.8 Å². The minimum atomic E-state index is 0.0708. The molecule has 0 N–H and O–H groups in total. The Hall–Kier alpha value is -2.99. The summed E-state index contributed by atoms with van der Waals surface area (Å²) in [6, 6.07) is 17.9. The van der Waals surface area contributed by atoms with E-state index in [1.807, 2.05) is 77.3 Å². The second kappa shape index (κ2) is 7.72. The number of aromatic nitrogens is 3. The highest BCUT2D eigenvalue weighted by molar-refractivity contribution is 5.94. The van der Waals surface area contributed by atoms with E-state index in [1.54, 1.807) is 0 Å². The fourth-order valence-corrected chi connectivity index (χ4v) is 3.15. The van der Waals surface area contributed by atoms with E-state index in [1.165, 1.54) is 0 Å². The molecule has 0 unspecified atom stereocenters. The summed E-state index contributed by atoms with van der Waals surface area (Å²) in [6.45, 7) is 4.27. The van der Waals surface area contributed by atoms with Crippen molar-refractivity contribution in [1.82, 2.24) is 19.9 Å². The summed E-state index contributed by atoms with van der Waals surface area (Å²) in [7, 11) is 0. The quantitative estimate of drug-likeness (QED) is 0.676. The van der Waals surface area contributed by atoms with E-state index in [0.717, 1.165) is 22.4 Å². The Morgan fingerprint density at radius 3 is 2.70 bits per heavy atom. The molecular formula is C21H22N4O2. The number of nitrogens with zero attached hydrogens (tertiary/aromatic N) is 4. The summed E-state index contributed by atoms with van der Waals surface area (Å²) in [5.74, 6) is 0.0708. The highest BCUT2D eigenvalue weighted by atomic mass is 16.5. The fourth-order valence-electron chi connectivity index (χ4n) is 3.15. The number of amides is 1. The van der Waals surface area contributed by atoms with Crippen LogP contribution in [0.5, 0.6) is 0 Å². The van der Waals surface area contributed by atoms with Gasteiger partial charge in [-0.15, -0.1) is 5.10 Å². The van der Waals surface area contributed by atoms with Crippen molar-refractivity contribution >= 4 is 5.91 Å². The van der Waals surface area contributed by atoms with Crippen molar-refractivity contribution in [2.45, 2.75) is 26.2 Å². The van der Waals surface area contributed by atoms with Gasteiger partial charge >= 0.3 is 0 Å². The molecule has 1 amide bonds. The average molecular weight is 362 g/mol. The summed E-state index contributed by atoms with van der Waals surface area (Å²) < 4.78 is 7.53. The lowest BCUT2D eigenvalue weighted by Crippen LogP contribution is -2.50. The first-order valence-electron chi connectivity index (χ1n) is 9.07. The third-order valence-electron chi connectivity index (χ3n) is 4.71. The highest BCUT2D eigenvalue weighted by Crippen LogP contribution is 2.23. The number of ether oxygens (including phenoxy) is 1. The lowest BCUT2D eigenvalue weighted by molar-refractivity contribution is 0.0498. The highest BCUT2D eigenvalue weighted by Gasteiger charge is 2.33. The molecule has 27 heavy (non-hydrogen) atoms. The van der Waals surface area contributed by atoms with Crippen molar-refractivity contribution in [3.05, 3.63) is 83.2 Å². The lowest BCUT2D eigenvalue weighted by atomic mass is 10.1. The van der Waals surface area contributed by atoms with Crippen LogP contribution in [0.4, 0.5) is 0 Å². The van der Waals surface area contributed by atoms with Crippen LogP contribution in [0.3, 0.4) is 0 Å². The van der Waals surface area contributed by atoms with Crippen molar-refractivity contribution in [2.24, 2.45) is 0 Å². The monoisotopic (exact) mass is 362 g/mol. The minimum Gasteiger partial charge on any atom is -0.370 e. The number of carbonyl (C=O) groups is 1. The number of likely N-dealkylation sites (tertiary alicyclic amines) is 1. The van der Waals surface area contributed by atoms with E-state index in [-0.39, 0.29) is 11.9 Å². The summed E-state index contributed by atoms with van der Waals surface area (Å²) in [4.78, 5) is 14.3. The van der Waals surface area contributed by atoms with Crippen molar-refractivity contribution in [3.63, 3.8) is 0 Å². The van der Waals surface area contributed by atoms with Gasteiger partial charge in [0.05, 0.1) is 25.5 Å². The molecule has 0 spiro atoms. The van der Waals surface area contributed by atoms with E-state index in [0.29, 0.717) is 26.3 Å². The molecule has 1 aliphatic rings. The Labute approximate surface area is 158 Å². The van der Waals surface area contributed by atoms with Gasteiger partial charge in [-0.25, -0.2) is 4.68 Å². The van der Waals surface area contributed by atoms with E-state index in [9.17, 15) is 4.79 Å². The summed E-state index contributed by atoms with van der Waals surface area (Å²) in [5, 5.41) is 8.37. The van der Waals surface area contributed by atoms with Gasteiger partial charge in [0.2, 0.25) is 0 Å². The fraction of sp³-hybridized carbons (Fsp3) is 0.286. The third-order valence-corrected chi connectivity index (χ3v) is 4.71. The van der Waals surface area contributed by atoms with Crippen LogP contribution >= 0.6 is 0 Å². The lowest BCUT2D eigenvalue weighted by Gasteiger charge is -2.38. The zero-order valence-corrected chi connectivity index (χ0v) is 15.3. The van der Waals surface area contributed by atoms with E-state index >= 15 is 0 Å². The Morgan fingerprint density at radius 1 is 1.11 bits per heavy atom. The van der Waals surface area contributed by atoms with Crippen LogP contribution in [0.1, 0.15) is 33.2 Å². The van der Waals surface area contributed by atoms with Gasteiger partial charge in [0.25, 0.3) is 5.91 Å². The first kappa shape index (κ1) is 17.4. The molecule has 1 saturated heterocycles. The SMILES string of the molecule is Cc1cccc(C(=O)N2CC(n3cc(COCc4ccccc4)nn3)C2)c1. The maximum Gasteiger partial charge on any atom is 0.254 e. The first-order chi connectivity index (χ1) is 13.2. The molecule has 0 bridgehead atoms. The molecule has 0 saturated carbocycles. The first-order valence-corrected chi connectivity index (χ1v) is 9.07. The molecule has 138 valence electrons. The molecule has 2 heterocycles. The second-order valence-electron chi connectivity index (χ2n) is 6.90. The Kier molecular flexibility index (Phi) is 4.98. The maximum atomic E-state index is 12.5. The molecule has 1 aromatic heterocycles. The van der Waals surface area contributed by atoms with E-state index < -0.39 is 0 Å². The number of aryl methyl sites for hydroxylation is 1. The smallest absolute Gasteiger partial charge is 0.254 e. The summed E-state index contributed by atoms with van der Waals surface area (Å²) in [5.41, 5.74) is 3.76. The minimum absolute atomic E-state index is 0.0708. The molecular weight excluding hydrogens is 340 g/mol. The van der Waals surface area contributed by atoms with Crippen LogP contribution in [-0.2, 0) is 18.0 Å². The third kappa shape index (κ3) is 4.06. The molecule has 6 nitrogen and oxygen atoms in total. The van der Waals surface area contributed by atoms with Gasteiger partial charge in [0.15, 0.2) is 0 Å². The molecule has 0 aliphatic carbocycles. The molecule has 0 atom stereocenters. The topological polar surface area (TPSA) is 60.2 Å². The molecule has 3 aromatic rings. The van der Waals surface area contributed by atoms with Crippen LogP contribution in [0.25, 0.3) is 0 Å². The van der Waals surface area contributed by atoms with Crippen molar-refractivity contribution in [3.8, 4) is 0 Å². The second-order valence-corrected chi connectivity index (χ2v) is 6.90. The van der Waals surface area contributed by atoms with E-state index in [2.05, 4.69) is 10.3 Å². The predicted octanol–water partition coefficient (Wildman–Crippen LogP) is 3.00. The Morgan fingerprint density at radius 2 is 1.93 bits per heavy atom. The average Bonchev–Trinajstić information content (AvgIpc) is 3.10. The number of carbonyl (C=O) groups excluding carboxylic acids is 1. The zero-order valence-electron chi connectivity index (χ0n) is 15.3. The van der Waals surface area contributed by atoms with Crippen LogP contribution in [0.2, 0.25) is 0 Å². The number of hydrogen-bond acceptors (Lipinski definition) is 4. The maximum absolute atomic E-state index is 12.5. The predicted molar refractivity (Wildman–Crippen MR) is 101 cm³/mol. The van der Waals surface area contributed by atoms with Crippen LogP contribution in [0, 0.1) is 6.92 Å². The van der Waals surface area contributed by atoms with Crippen molar-refractivity contribution < 1.29 is 9.53 Å². The summed E-state index contributed by atoms with van der Waals surface area (Å²) in [6.07, 6.45) is 1.91. The van der Waals surface area contributed by atoms with Gasteiger partial charge in [0, 0.05) is 18.7 Å². The van der Waals surface area contributed by atoms with Gasteiger partial charge in [-0.2, -0.15) is 0 Å². The molecule has 6 heteroatoms. The normalized spacial score (nSPS) is 14.2. The molecule has 1 fully saturated rings. The number of hydrogen-bond donors (Lipinski definition) is 0. The number of rotatable bonds is 6. The molecule has 2 aromatic carbocycles. The summed E-state index contributed by atoms with van der Waals surface area (Å²) >= 11 is 0. The standard InChI is InChI=1S/C21H22N4O2/c1-16-6-5-9-18(10-16)21(26)24-12-20(13-24)25-11-19(22-23-25)15-27-14-17-7-3-2-4-8-17/h2-11,20H,12-15H2,1H3. The van der Waals surface area contributed by atoms with Gasteiger partial charge in [-0.1, -0.05) is 53.2 Å². The van der Waals surface area contributed by atoms with Crippen molar-refractivity contribution in [1.29, 1.82) is 0 Å². The van der Waals surface area contributed by atoms with Gasteiger partial charge in [0.1, 0.15) is 5.69 Å². The Balaban J connectivity index is 1.27. The van der Waals surface area contributed by atoms with Gasteiger partial charge in [-0.3, -0.25) is 4.79 Å². The molecule has 0 radical (unpaired) electrons. The van der Waals surface area contributed by atoms with Crippen molar-refractivity contribution in [2.75, 3.05) is 13.1 Å².